The number of hydrogen-bond donors (Lipinski definition) is 1. The molecule has 0 aromatic carbocycles. The van der Waals surface area contributed by atoms with Crippen LogP contribution in [0.15, 0.2) is 21.7 Å². The Kier molecular flexibility index (Phi) is 5.76. The Balaban J connectivity index is 1.29. The van der Waals surface area contributed by atoms with Crippen molar-refractivity contribution in [2.75, 3.05) is 39.3 Å². The quantitative estimate of drug-likeness (QED) is 0.741. The van der Waals surface area contributed by atoms with Crippen molar-refractivity contribution >= 4 is 38.7 Å². The van der Waals surface area contributed by atoms with E-state index in [1.165, 1.54) is 11.3 Å². The first-order valence-corrected chi connectivity index (χ1v) is 12.4. The maximum atomic E-state index is 12.7. The van der Waals surface area contributed by atoms with Crippen molar-refractivity contribution < 1.29 is 13.2 Å². The van der Waals surface area contributed by atoms with E-state index in [0.717, 1.165) is 63.5 Å². The molecule has 1 N–H and O–H groups in total. The molecule has 3 aliphatic rings. The Morgan fingerprint density at radius 1 is 1.33 bits per heavy atom. The number of ether oxygens (including phenoxy) is 1. The smallest absolute Gasteiger partial charge is 0.252 e. The molecule has 3 saturated heterocycles. The van der Waals surface area contributed by atoms with Gasteiger partial charge in [0, 0.05) is 39.3 Å². The van der Waals surface area contributed by atoms with Crippen molar-refractivity contribution in [2.45, 2.75) is 42.4 Å². The second-order valence-corrected chi connectivity index (χ2v) is 11.3. The summed E-state index contributed by atoms with van der Waals surface area (Å²) in [4.78, 5) is 2.26. The van der Waals surface area contributed by atoms with Gasteiger partial charge in [-0.1, -0.05) is 6.07 Å². The van der Waals surface area contributed by atoms with E-state index in [9.17, 15) is 8.42 Å². The first-order chi connectivity index (χ1) is 13.0. The number of nitrogens with zero attached hydrogens (tertiary/aromatic N) is 2. The van der Waals surface area contributed by atoms with Crippen molar-refractivity contribution in [1.29, 1.82) is 0 Å². The van der Waals surface area contributed by atoms with Gasteiger partial charge in [0.1, 0.15) is 4.21 Å². The highest BCUT2D eigenvalue weighted by Crippen LogP contribution is 2.41. The molecule has 150 valence electrons. The number of piperidine rings is 1. The van der Waals surface area contributed by atoms with Crippen LogP contribution in [-0.2, 0) is 14.8 Å². The lowest BCUT2D eigenvalue weighted by Crippen LogP contribution is -2.46. The van der Waals surface area contributed by atoms with E-state index in [2.05, 4.69) is 10.2 Å². The fourth-order valence-corrected chi connectivity index (χ4v) is 7.20. The molecule has 0 bridgehead atoms. The summed E-state index contributed by atoms with van der Waals surface area (Å²) < 4.78 is 33.2. The Labute approximate surface area is 170 Å². The van der Waals surface area contributed by atoms with E-state index in [4.69, 9.17) is 17.0 Å². The zero-order chi connectivity index (χ0) is 18.9. The van der Waals surface area contributed by atoms with Gasteiger partial charge in [0.05, 0.1) is 6.10 Å². The minimum Gasteiger partial charge on any atom is -0.376 e. The van der Waals surface area contributed by atoms with E-state index in [-0.39, 0.29) is 11.5 Å². The van der Waals surface area contributed by atoms with Crippen LogP contribution in [0.5, 0.6) is 0 Å². The topological polar surface area (TPSA) is 61.9 Å². The molecule has 0 radical (unpaired) electrons. The van der Waals surface area contributed by atoms with E-state index < -0.39 is 10.0 Å². The molecule has 0 aliphatic carbocycles. The highest BCUT2D eigenvalue weighted by molar-refractivity contribution is 7.91. The standard InChI is InChI=1S/C18H27N3O3S3/c22-27(23,16-4-2-12-26-16)21-9-6-18(7-10-21)5-8-20(14-18)17(25)19-13-15-3-1-11-24-15/h2,4,12,15H,1,3,5-11,13-14H2,(H,19,25). The molecular formula is C18H27N3O3S3. The van der Waals surface area contributed by atoms with Crippen molar-refractivity contribution in [3.05, 3.63) is 17.5 Å². The monoisotopic (exact) mass is 429 g/mol. The maximum Gasteiger partial charge on any atom is 0.252 e. The van der Waals surface area contributed by atoms with Gasteiger partial charge in [0.15, 0.2) is 5.11 Å². The van der Waals surface area contributed by atoms with Gasteiger partial charge < -0.3 is 15.0 Å². The highest BCUT2D eigenvalue weighted by atomic mass is 32.2. The Morgan fingerprint density at radius 3 is 2.78 bits per heavy atom. The molecule has 3 aliphatic heterocycles. The summed E-state index contributed by atoms with van der Waals surface area (Å²) in [7, 11) is -3.33. The summed E-state index contributed by atoms with van der Waals surface area (Å²) in [6, 6.07) is 3.49. The number of sulfonamides is 1. The van der Waals surface area contributed by atoms with Crippen LogP contribution < -0.4 is 5.32 Å². The van der Waals surface area contributed by atoms with E-state index in [0.29, 0.717) is 17.3 Å². The Morgan fingerprint density at radius 2 is 2.11 bits per heavy atom. The second kappa shape index (κ2) is 7.94. The van der Waals surface area contributed by atoms with Crippen LogP contribution in [0.4, 0.5) is 0 Å². The van der Waals surface area contributed by atoms with Gasteiger partial charge in [-0.3, -0.25) is 0 Å². The van der Waals surface area contributed by atoms with Gasteiger partial charge in [-0.2, -0.15) is 4.31 Å². The van der Waals surface area contributed by atoms with Gasteiger partial charge in [-0.25, -0.2) is 8.42 Å². The molecule has 1 aromatic rings. The lowest BCUT2D eigenvalue weighted by Gasteiger charge is -2.38. The van der Waals surface area contributed by atoms with E-state index in [1.807, 2.05) is 5.38 Å². The molecule has 0 amide bonds. The predicted molar refractivity (Wildman–Crippen MR) is 111 cm³/mol. The van der Waals surface area contributed by atoms with Crippen LogP contribution in [-0.4, -0.2) is 68.2 Å². The SMILES string of the molecule is O=S(=O)(c1cccs1)N1CCC2(CCN(C(=S)NCC3CCCO3)C2)CC1. The zero-order valence-electron chi connectivity index (χ0n) is 15.4. The zero-order valence-corrected chi connectivity index (χ0v) is 17.9. The van der Waals surface area contributed by atoms with Gasteiger partial charge in [-0.05, 0) is 61.2 Å². The van der Waals surface area contributed by atoms with Gasteiger partial charge in [0.2, 0.25) is 0 Å². The number of rotatable bonds is 4. The molecule has 3 fully saturated rings. The summed E-state index contributed by atoms with van der Waals surface area (Å²) in [5.41, 5.74) is 0.192. The van der Waals surface area contributed by atoms with Crippen LogP contribution >= 0.6 is 23.6 Å². The van der Waals surface area contributed by atoms with Crippen molar-refractivity contribution in [2.24, 2.45) is 5.41 Å². The summed E-state index contributed by atoms with van der Waals surface area (Å²) in [6.45, 7) is 4.73. The minimum atomic E-state index is -3.33. The molecule has 4 rings (SSSR count). The molecule has 9 heteroatoms. The fourth-order valence-electron chi connectivity index (χ4n) is 4.37. The molecule has 1 atom stereocenters. The highest BCUT2D eigenvalue weighted by Gasteiger charge is 2.43. The van der Waals surface area contributed by atoms with Crippen LogP contribution in [0.3, 0.4) is 0 Å². The largest absolute Gasteiger partial charge is 0.376 e. The molecule has 1 unspecified atom stereocenters. The predicted octanol–water partition coefficient (Wildman–Crippen LogP) is 2.28. The van der Waals surface area contributed by atoms with Crippen LogP contribution in [0.2, 0.25) is 0 Å². The maximum absolute atomic E-state index is 12.7. The summed E-state index contributed by atoms with van der Waals surface area (Å²) >= 11 is 6.89. The second-order valence-electron chi connectivity index (χ2n) is 7.83. The third kappa shape index (κ3) is 4.17. The normalized spacial score (nSPS) is 25.9. The Bertz CT molecular complexity index is 752. The molecule has 27 heavy (non-hydrogen) atoms. The summed E-state index contributed by atoms with van der Waals surface area (Å²) in [5.74, 6) is 0. The molecule has 4 heterocycles. The summed E-state index contributed by atoms with van der Waals surface area (Å²) in [5, 5.41) is 6.00. The molecule has 0 saturated carbocycles. The average molecular weight is 430 g/mol. The van der Waals surface area contributed by atoms with E-state index >= 15 is 0 Å². The van der Waals surface area contributed by atoms with Gasteiger partial charge in [-0.15, -0.1) is 11.3 Å². The average Bonchev–Trinajstić information content (AvgIpc) is 3.42. The van der Waals surface area contributed by atoms with Crippen molar-refractivity contribution in [3.63, 3.8) is 0 Å². The van der Waals surface area contributed by atoms with Crippen molar-refractivity contribution in [3.8, 4) is 0 Å². The number of thiophene rings is 1. The van der Waals surface area contributed by atoms with Crippen LogP contribution in [0, 0.1) is 5.41 Å². The lowest BCUT2D eigenvalue weighted by atomic mass is 9.78. The first kappa shape index (κ1) is 19.6. The first-order valence-electron chi connectivity index (χ1n) is 9.67. The minimum absolute atomic E-state index is 0.192. The molecule has 1 spiro atoms. The third-order valence-corrected chi connectivity index (χ3v) is 9.78. The lowest BCUT2D eigenvalue weighted by molar-refractivity contribution is 0.113. The molecule has 6 nitrogen and oxygen atoms in total. The molecular weight excluding hydrogens is 402 g/mol. The number of hydrogen-bond acceptors (Lipinski definition) is 5. The molecule has 1 aromatic heterocycles. The third-order valence-electron chi connectivity index (χ3n) is 6.10. The number of thiocarbonyl (C=S) groups is 1. The van der Waals surface area contributed by atoms with Gasteiger partial charge >= 0.3 is 0 Å². The van der Waals surface area contributed by atoms with E-state index in [1.54, 1.807) is 16.4 Å². The Hall–Kier alpha value is -0.740. The fraction of sp³-hybridized carbons (Fsp3) is 0.722. The van der Waals surface area contributed by atoms with Crippen LogP contribution in [0.1, 0.15) is 32.1 Å². The number of likely N-dealkylation sites (tertiary alicyclic amines) is 1. The number of nitrogens with one attached hydrogen (secondary N) is 1. The van der Waals surface area contributed by atoms with Crippen molar-refractivity contribution in [1.82, 2.24) is 14.5 Å². The van der Waals surface area contributed by atoms with Gasteiger partial charge in [0.25, 0.3) is 10.0 Å². The summed E-state index contributed by atoms with van der Waals surface area (Å²) in [6.07, 6.45) is 5.42. The van der Waals surface area contributed by atoms with Crippen LogP contribution in [0.25, 0.3) is 0 Å².